The van der Waals surface area contributed by atoms with Gasteiger partial charge in [-0.1, -0.05) is 158 Å². The molecule has 0 bridgehead atoms. The zero-order chi connectivity index (χ0) is 33.8. The van der Waals surface area contributed by atoms with E-state index in [2.05, 4.69) is 205 Å². The first-order valence-electron chi connectivity index (χ1n) is 17.5. The van der Waals surface area contributed by atoms with Gasteiger partial charge in [0.15, 0.2) is 0 Å². The molecule has 2 heteroatoms. The molecule has 0 saturated carbocycles. The standard InChI is InChI=1S/C49H33NO/c1-3-14-34(15-4-1)36-26-30-38(31-27-36)50(39-32-28-37(29-33-39)35-16-5-2-6-17-35)45-23-13-19-41-40-18-7-8-20-42(40)49(48(41)45)43-21-9-11-24-46(43)51-47-25-12-10-22-44(47)49/h1-33H. The van der Waals surface area contributed by atoms with Crippen LogP contribution < -0.4 is 9.64 Å². The molecule has 0 saturated heterocycles. The van der Waals surface area contributed by atoms with Crippen LogP contribution in [0.2, 0.25) is 0 Å². The molecule has 1 aliphatic heterocycles. The molecule has 1 heterocycles. The first-order valence-corrected chi connectivity index (χ1v) is 17.5. The average molecular weight is 652 g/mol. The van der Waals surface area contributed by atoms with Crippen molar-refractivity contribution in [2.75, 3.05) is 4.90 Å². The minimum absolute atomic E-state index is 0.597. The molecule has 0 radical (unpaired) electrons. The second kappa shape index (κ2) is 11.8. The second-order valence-electron chi connectivity index (χ2n) is 13.3. The number of anilines is 3. The number of hydrogen-bond donors (Lipinski definition) is 0. The summed E-state index contributed by atoms with van der Waals surface area (Å²) < 4.78 is 6.66. The van der Waals surface area contributed by atoms with Gasteiger partial charge in [0.05, 0.1) is 11.1 Å². The maximum absolute atomic E-state index is 6.66. The maximum Gasteiger partial charge on any atom is 0.132 e. The zero-order valence-corrected chi connectivity index (χ0v) is 27.9. The van der Waals surface area contributed by atoms with Gasteiger partial charge in [-0.3, -0.25) is 0 Å². The van der Waals surface area contributed by atoms with Crippen LogP contribution in [0.4, 0.5) is 17.1 Å². The van der Waals surface area contributed by atoms with Crippen molar-refractivity contribution in [1.82, 2.24) is 0 Å². The largest absolute Gasteiger partial charge is 0.457 e. The Kier molecular flexibility index (Phi) is 6.75. The van der Waals surface area contributed by atoms with E-state index in [0.29, 0.717) is 0 Å². The van der Waals surface area contributed by atoms with Crippen LogP contribution >= 0.6 is 0 Å². The van der Waals surface area contributed by atoms with E-state index >= 15 is 0 Å². The molecule has 8 aromatic carbocycles. The summed E-state index contributed by atoms with van der Waals surface area (Å²) in [6.45, 7) is 0. The topological polar surface area (TPSA) is 12.5 Å². The zero-order valence-electron chi connectivity index (χ0n) is 27.9. The number of hydrogen-bond acceptors (Lipinski definition) is 2. The normalized spacial score (nSPS) is 13.0. The van der Waals surface area contributed by atoms with Crippen LogP contribution in [0.3, 0.4) is 0 Å². The molecule has 2 aliphatic rings. The van der Waals surface area contributed by atoms with Crippen LogP contribution in [0.25, 0.3) is 33.4 Å². The molecule has 10 rings (SSSR count). The Balaban J connectivity index is 1.25. The first kappa shape index (κ1) is 29.3. The van der Waals surface area contributed by atoms with Gasteiger partial charge in [0.2, 0.25) is 0 Å². The molecule has 0 atom stereocenters. The van der Waals surface area contributed by atoms with Gasteiger partial charge in [-0.2, -0.15) is 0 Å². The van der Waals surface area contributed by atoms with Crippen molar-refractivity contribution in [2.45, 2.75) is 5.41 Å². The highest BCUT2D eigenvalue weighted by atomic mass is 16.5. The van der Waals surface area contributed by atoms with Gasteiger partial charge >= 0.3 is 0 Å². The third kappa shape index (κ3) is 4.50. The van der Waals surface area contributed by atoms with E-state index in [0.717, 1.165) is 39.7 Å². The van der Waals surface area contributed by atoms with Crippen LogP contribution in [-0.4, -0.2) is 0 Å². The molecule has 0 amide bonds. The van der Waals surface area contributed by atoms with E-state index in [-0.39, 0.29) is 0 Å². The number of nitrogens with zero attached hydrogens (tertiary/aromatic N) is 1. The van der Waals surface area contributed by atoms with E-state index in [1.54, 1.807) is 0 Å². The van der Waals surface area contributed by atoms with Gasteiger partial charge in [0.1, 0.15) is 11.5 Å². The second-order valence-corrected chi connectivity index (χ2v) is 13.3. The van der Waals surface area contributed by atoms with E-state index in [4.69, 9.17) is 4.74 Å². The fraction of sp³-hybridized carbons (Fsp3) is 0.0204. The lowest BCUT2D eigenvalue weighted by Gasteiger charge is -2.41. The Morgan fingerprint density at radius 2 is 0.765 bits per heavy atom. The van der Waals surface area contributed by atoms with Crippen molar-refractivity contribution in [2.24, 2.45) is 0 Å². The van der Waals surface area contributed by atoms with Crippen molar-refractivity contribution in [1.29, 1.82) is 0 Å². The van der Waals surface area contributed by atoms with Crippen molar-refractivity contribution in [3.05, 3.63) is 222 Å². The molecular weight excluding hydrogens is 619 g/mol. The molecule has 0 unspecified atom stereocenters. The number of benzene rings is 8. The van der Waals surface area contributed by atoms with Crippen molar-refractivity contribution >= 4 is 17.1 Å². The lowest BCUT2D eigenvalue weighted by Crippen LogP contribution is -2.33. The SMILES string of the molecule is c1ccc(-c2ccc(N(c3ccc(-c4ccccc4)cc3)c3cccc4c3C3(c5ccccc5Oc5ccccc53)c3ccccc3-4)cc2)cc1. The van der Waals surface area contributed by atoms with E-state index in [9.17, 15) is 0 Å². The summed E-state index contributed by atoms with van der Waals surface area (Å²) in [5.41, 5.74) is 14.8. The molecule has 1 aliphatic carbocycles. The fourth-order valence-corrected chi connectivity index (χ4v) is 8.37. The van der Waals surface area contributed by atoms with Gasteiger partial charge in [-0.05, 0) is 81.4 Å². The predicted molar refractivity (Wildman–Crippen MR) is 209 cm³/mol. The highest BCUT2D eigenvalue weighted by molar-refractivity contribution is 5.96. The molecule has 51 heavy (non-hydrogen) atoms. The monoisotopic (exact) mass is 651 g/mol. The van der Waals surface area contributed by atoms with Crippen LogP contribution in [-0.2, 0) is 5.41 Å². The Labute approximate surface area is 298 Å². The number of rotatable bonds is 5. The lowest BCUT2D eigenvalue weighted by molar-refractivity contribution is 0.436. The highest BCUT2D eigenvalue weighted by Crippen LogP contribution is 2.64. The van der Waals surface area contributed by atoms with Gasteiger partial charge < -0.3 is 9.64 Å². The number of ether oxygens (including phenoxy) is 1. The maximum atomic E-state index is 6.66. The van der Waals surface area contributed by atoms with Crippen molar-refractivity contribution in [3.63, 3.8) is 0 Å². The minimum atomic E-state index is -0.597. The molecule has 8 aromatic rings. The third-order valence-corrected chi connectivity index (χ3v) is 10.5. The van der Waals surface area contributed by atoms with Crippen molar-refractivity contribution in [3.8, 4) is 44.9 Å². The number of para-hydroxylation sites is 2. The molecule has 1 spiro atoms. The predicted octanol–water partition coefficient (Wildman–Crippen LogP) is 13.0. The average Bonchev–Trinajstić information content (AvgIpc) is 3.51. The Morgan fingerprint density at radius 3 is 1.31 bits per heavy atom. The van der Waals surface area contributed by atoms with Crippen LogP contribution in [0.15, 0.2) is 200 Å². The number of fused-ring (bicyclic) bond motifs is 9. The highest BCUT2D eigenvalue weighted by Gasteiger charge is 2.52. The Hall–Kier alpha value is -6.64. The van der Waals surface area contributed by atoms with Crippen LogP contribution in [0.5, 0.6) is 11.5 Å². The van der Waals surface area contributed by atoms with Gasteiger partial charge in [0, 0.05) is 28.1 Å². The minimum Gasteiger partial charge on any atom is -0.457 e. The van der Waals surface area contributed by atoms with E-state index in [1.165, 1.54) is 44.5 Å². The molecule has 2 nitrogen and oxygen atoms in total. The summed E-state index contributed by atoms with van der Waals surface area (Å²) in [5, 5.41) is 0. The summed E-state index contributed by atoms with van der Waals surface area (Å²) in [7, 11) is 0. The van der Waals surface area contributed by atoms with E-state index < -0.39 is 5.41 Å². The lowest BCUT2D eigenvalue weighted by atomic mass is 9.65. The van der Waals surface area contributed by atoms with Crippen molar-refractivity contribution < 1.29 is 4.74 Å². The summed E-state index contributed by atoms with van der Waals surface area (Å²) >= 11 is 0. The first-order chi connectivity index (χ1) is 25.3. The molecule has 0 N–H and O–H groups in total. The molecule has 240 valence electrons. The summed E-state index contributed by atoms with van der Waals surface area (Å²) in [4.78, 5) is 2.44. The van der Waals surface area contributed by atoms with Crippen LogP contribution in [0, 0.1) is 0 Å². The quantitative estimate of drug-likeness (QED) is 0.184. The van der Waals surface area contributed by atoms with E-state index in [1.807, 2.05) is 0 Å². The third-order valence-electron chi connectivity index (χ3n) is 10.5. The van der Waals surface area contributed by atoms with Gasteiger partial charge in [-0.15, -0.1) is 0 Å². The van der Waals surface area contributed by atoms with Gasteiger partial charge in [-0.25, -0.2) is 0 Å². The molecule has 0 fully saturated rings. The van der Waals surface area contributed by atoms with Gasteiger partial charge in [0.25, 0.3) is 0 Å². The summed E-state index contributed by atoms with van der Waals surface area (Å²) in [6, 6.07) is 72.0. The summed E-state index contributed by atoms with van der Waals surface area (Å²) in [5.74, 6) is 1.78. The Bertz CT molecular complexity index is 2410. The summed E-state index contributed by atoms with van der Waals surface area (Å²) in [6.07, 6.45) is 0. The smallest absolute Gasteiger partial charge is 0.132 e. The fourth-order valence-electron chi connectivity index (χ4n) is 8.37. The molecule has 0 aromatic heterocycles. The Morgan fingerprint density at radius 1 is 0.333 bits per heavy atom. The van der Waals surface area contributed by atoms with Crippen LogP contribution in [0.1, 0.15) is 22.3 Å². The molecular formula is C49H33NO.